The zero-order valence-corrected chi connectivity index (χ0v) is 7.36. The van der Waals surface area contributed by atoms with Gasteiger partial charge in [-0.15, -0.1) is 0 Å². The minimum atomic E-state index is 0.804. The summed E-state index contributed by atoms with van der Waals surface area (Å²) in [6, 6.07) is 1.99. The van der Waals surface area contributed by atoms with Crippen molar-refractivity contribution < 1.29 is 0 Å². The van der Waals surface area contributed by atoms with Gasteiger partial charge in [-0.3, -0.25) is 15.1 Å². The minimum Gasteiger partial charge on any atom is -0.282 e. The smallest absolute Gasteiger partial charge is 0.112 e. The van der Waals surface area contributed by atoms with Crippen LogP contribution in [-0.4, -0.2) is 20.2 Å². The highest BCUT2D eigenvalue weighted by Gasteiger charge is 2.02. The Hall–Kier alpha value is -1.71. The van der Waals surface area contributed by atoms with Crippen LogP contribution in [0.15, 0.2) is 24.7 Å². The summed E-state index contributed by atoms with van der Waals surface area (Å²) in [5, 5.41) is 7.07. The van der Waals surface area contributed by atoms with Gasteiger partial charge in [-0.05, 0) is 12.5 Å². The number of hydrogen-bond donors (Lipinski definition) is 1. The SMILES string of the molecule is CCc1cc(-c2cnccn2)n[nH]1. The molecule has 0 spiro atoms. The number of hydrogen-bond acceptors (Lipinski definition) is 3. The molecule has 2 aromatic heterocycles. The average Bonchev–Trinajstić information content (AvgIpc) is 2.67. The Labute approximate surface area is 76.1 Å². The third-order valence-corrected chi connectivity index (χ3v) is 1.84. The van der Waals surface area contributed by atoms with Crippen LogP contribution in [0.1, 0.15) is 12.6 Å². The number of rotatable bonds is 2. The lowest BCUT2D eigenvalue weighted by Crippen LogP contribution is -1.83. The number of aromatic amines is 1. The molecule has 0 saturated heterocycles. The molecule has 4 nitrogen and oxygen atoms in total. The van der Waals surface area contributed by atoms with E-state index in [4.69, 9.17) is 0 Å². The van der Waals surface area contributed by atoms with Crippen LogP contribution in [0.5, 0.6) is 0 Å². The second-order valence-corrected chi connectivity index (χ2v) is 2.72. The number of aromatic nitrogens is 4. The van der Waals surface area contributed by atoms with Gasteiger partial charge in [0.05, 0.1) is 6.20 Å². The van der Waals surface area contributed by atoms with Gasteiger partial charge in [-0.25, -0.2) is 0 Å². The van der Waals surface area contributed by atoms with Crippen molar-refractivity contribution in [3.05, 3.63) is 30.4 Å². The molecule has 0 aliphatic carbocycles. The van der Waals surface area contributed by atoms with Crippen LogP contribution in [0.25, 0.3) is 11.4 Å². The number of nitrogens with zero attached hydrogens (tertiary/aromatic N) is 3. The normalized spacial score (nSPS) is 10.2. The van der Waals surface area contributed by atoms with Gasteiger partial charge in [0.15, 0.2) is 0 Å². The van der Waals surface area contributed by atoms with E-state index in [1.54, 1.807) is 18.6 Å². The maximum absolute atomic E-state index is 4.15. The summed E-state index contributed by atoms with van der Waals surface area (Å²) < 4.78 is 0. The minimum absolute atomic E-state index is 0.804. The summed E-state index contributed by atoms with van der Waals surface area (Å²) in [4.78, 5) is 8.13. The van der Waals surface area contributed by atoms with E-state index in [2.05, 4.69) is 27.1 Å². The zero-order chi connectivity index (χ0) is 9.10. The molecule has 0 aliphatic rings. The summed E-state index contributed by atoms with van der Waals surface area (Å²) in [6.07, 6.45) is 5.97. The van der Waals surface area contributed by atoms with Crippen molar-refractivity contribution in [3.8, 4) is 11.4 Å². The summed E-state index contributed by atoms with van der Waals surface area (Å²) in [5.41, 5.74) is 2.77. The van der Waals surface area contributed by atoms with E-state index in [9.17, 15) is 0 Å². The van der Waals surface area contributed by atoms with Crippen molar-refractivity contribution in [2.24, 2.45) is 0 Å². The van der Waals surface area contributed by atoms with Crippen LogP contribution >= 0.6 is 0 Å². The highest BCUT2D eigenvalue weighted by molar-refractivity contribution is 5.52. The summed E-state index contributed by atoms with van der Waals surface area (Å²) in [6.45, 7) is 2.08. The molecule has 2 aromatic rings. The van der Waals surface area contributed by atoms with Crippen LogP contribution in [0, 0.1) is 0 Å². The van der Waals surface area contributed by atoms with E-state index >= 15 is 0 Å². The number of nitrogens with one attached hydrogen (secondary N) is 1. The molecule has 0 fully saturated rings. The average molecular weight is 174 g/mol. The summed E-state index contributed by atoms with van der Waals surface area (Å²) >= 11 is 0. The number of H-pyrrole nitrogens is 1. The predicted octanol–water partition coefficient (Wildman–Crippen LogP) is 1.43. The maximum Gasteiger partial charge on any atom is 0.112 e. The van der Waals surface area contributed by atoms with E-state index in [-0.39, 0.29) is 0 Å². The fraction of sp³-hybridized carbons (Fsp3) is 0.222. The molecule has 0 atom stereocenters. The molecule has 2 rings (SSSR count). The topological polar surface area (TPSA) is 54.5 Å². The molecule has 0 aliphatic heterocycles. The lowest BCUT2D eigenvalue weighted by Gasteiger charge is -1.90. The highest BCUT2D eigenvalue weighted by atomic mass is 15.1. The van der Waals surface area contributed by atoms with Gasteiger partial charge in [-0.1, -0.05) is 6.92 Å². The van der Waals surface area contributed by atoms with Crippen LogP contribution < -0.4 is 0 Å². The molecule has 0 aromatic carbocycles. The van der Waals surface area contributed by atoms with Crippen molar-refractivity contribution in [2.45, 2.75) is 13.3 Å². The van der Waals surface area contributed by atoms with Gasteiger partial charge in [0.2, 0.25) is 0 Å². The van der Waals surface area contributed by atoms with Gasteiger partial charge in [0.1, 0.15) is 11.4 Å². The highest BCUT2D eigenvalue weighted by Crippen LogP contribution is 2.12. The molecule has 0 saturated carbocycles. The lowest BCUT2D eigenvalue weighted by atomic mass is 10.2. The fourth-order valence-electron chi connectivity index (χ4n) is 1.11. The Balaban J connectivity index is 2.36. The molecular weight excluding hydrogens is 164 g/mol. The van der Waals surface area contributed by atoms with E-state index < -0.39 is 0 Å². The first-order valence-corrected chi connectivity index (χ1v) is 4.21. The van der Waals surface area contributed by atoms with E-state index in [1.807, 2.05) is 6.07 Å². The van der Waals surface area contributed by atoms with Crippen LogP contribution in [0.3, 0.4) is 0 Å². The Morgan fingerprint density at radius 1 is 1.31 bits per heavy atom. The van der Waals surface area contributed by atoms with E-state index in [0.29, 0.717) is 0 Å². The van der Waals surface area contributed by atoms with Crippen molar-refractivity contribution >= 4 is 0 Å². The first kappa shape index (κ1) is 7.91. The van der Waals surface area contributed by atoms with Gasteiger partial charge in [-0.2, -0.15) is 5.10 Å². The first-order valence-electron chi connectivity index (χ1n) is 4.21. The molecule has 1 N–H and O–H groups in total. The molecule has 0 amide bonds. The monoisotopic (exact) mass is 174 g/mol. The zero-order valence-electron chi connectivity index (χ0n) is 7.36. The Morgan fingerprint density at radius 3 is 2.85 bits per heavy atom. The molecule has 2 heterocycles. The standard InChI is InChI=1S/C9H10N4/c1-2-7-5-8(13-12-7)9-6-10-3-4-11-9/h3-6H,2H2,1H3,(H,12,13). The second-order valence-electron chi connectivity index (χ2n) is 2.72. The molecule has 66 valence electrons. The van der Waals surface area contributed by atoms with Gasteiger partial charge in [0, 0.05) is 18.1 Å². The van der Waals surface area contributed by atoms with Gasteiger partial charge in [0.25, 0.3) is 0 Å². The molecule has 13 heavy (non-hydrogen) atoms. The number of aryl methyl sites for hydroxylation is 1. The van der Waals surface area contributed by atoms with Gasteiger partial charge >= 0.3 is 0 Å². The molecule has 0 bridgehead atoms. The van der Waals surface area contributed by atoms with E-state index in [1.165, 1.54) is 0 Å². The van der Waals surface area contributed by atoms with Crippen molar-refractivity contribution in [2.75, 3.05) is 0 Å². The third kappa shape index (κ3) is 1.56. The second kappa shape index (κ2) is 3.35. The fourth-order valence-corrected chi connectivity index (χ4v) is 1.11. The van der Waals surface area contributed by atoms with Crippen LogP contribution in [-0.2, 0) is 6.42 Å². The van der Waals surface area contributed by atoms with Crippen LogP contribution in [0.4, 0.5) is 0 Å². The molecule has 4 heteroatoms. The van der Waals surface area contributed by atoms with Crippen LogP contribution in [0.2, 0.25) is 0 Å². The largest absolute Gasteiger partial charge is 0.282 e. The van der Waals surface area contributed by atoms with Crippen molar-refractivity contribution in [1.29, 1.82) is 0 Å². The third-order valence-electron chi connectivity index (χ3n) is 1.84. The van der Waals surface area contributed by atoms with Crippen molar-refractivity contribution in [1.82, 2.24) is 20.2 Å². The molecule has 0 unspecified atom stereocenters. The molecular formula is C9H10N4. The Kier molecular flexibility index (Phi) is 2.04. The van der Waals surface area contributed by atoms with Gasteiger partial charge < -0.3 is 0 Å². The maximum atomic E-state index is 4.15. The van der Waals surface area contributed by atoms with Crippen molar-refractivity contribution in [3.63, 3.8) is 0 Å². The Bertz CT molecular complexity index is 380. The first-order chi connectivity index (χ1) is 6.40. The summed E-state index contributed by atoms with van der Waals surface area (Å²) in [7, 11) is 0. The quantitative estimate of drug-likeness (QED) is 0.749. The summed E-state index contributed by atoms with van der Waals surface area (Å²) in [5.74, 6) is 0. The predicted molar refractivity (Wildman–Crippen MR) is 49.0 cm³/mol. The van der Waals surface area contributed by atoms with E-state index in [0.717, 1.165) is 23.5 Å². The Morgan fingerprint density at radius 2 is 2.23 bits per heavy atom. The molecule has 0 radical (unpaired) electrons. The lowest BCUT2D eigenvalue weighted by molar-refractivity contribution is 0.974.